The lowest BCUT2D eigenvalue weighted by Gasteiger charge is -2.06. The van der Waals surface area contributed by atoms with Crippen LogP contribution in [0.3, 0.4) is 0 Å². The van der Waals surface area contributed by atoms with Crippen LogP contribution < -0.4 is 3.53 Å². The van der Waals surface area contributed by atoms with Crippen molar-refractivity contribution >= 4 is 28.8 Å². The lowest BCUT2D eigenvalue weighted by molar-refractivity contribution is -0.138. The predicted molar refractivity (Wildman–Crippen MR) is 50.9 cm³/mol. The monoisotopic (exact) mass is 281 g/mol. The number of H-pyrrole nitrogens is 1. The van der Waals surface area contributed by atoms with E-state index >= 15 is 0 Å². The Morgan fingerprint density at radius 2 is 2.67 bits per heavy atom. The Hall–Kier alpha value is -0.630. The van der Waals surface area contributed by atoms with Gasteiger partial charge in [-0.1, -0.05) is 0 Å². The van der Waals surface area contributed by atoms with Crippen molar-refractivity contribution in [3.05, 3.63) is 18.2 Å². The number of hydrogen-bond acceptors (Lipinski definition) is 3. The summed E-state index contributed by atoms with van der Waals surface area (Å²) < 4.78 is 2.66. The normalized spacial score (nSPS) is 12.8. The third kappa shape index (κ3) is 2.45. The van der Waals surface area contributed by atoms with E-state index in [0.29, 0.717) is 6.42 Å². The van der Waals surface area contributed by atoms with Crippen LogP contribution in [-0.2, 0) is 11.2 Å². The molecule has 0 amide bonds. The van der Waals surface area contributed by atoms with Gasteiger partial charge in [0.25, 0.3) is 0 Å². The van der Waals surface area contributed by atoms with Gasteiger partial charge in [-0.05, 0) is 0 Å². The molecule has 5 nitrogen and oxygen atoms in total. The summed E-state index contributed by atoms with van der Waals surface area (Å²) in [4.78, 5) is 17.2. The van der Waals surface area contributed by atoms with Crippen LogP contribution in [0.4, 0.5) is 0 Å². The maximum absolute atomic E-state index is 10.6. The highest BCUT2D eigenvalue weighted by atomic mass is 127. The first-order valence-electron chi connectivity index (χ1n) is 3.30. The number of carboxylic acid groups (broad SMARTS) is 1. The van der Waals surface area contributed by atoms with Crippen molar-refractivity contribution in [1.29, 1.82) is 0 Å². The quantitative estimate of drug-likeness (QED) is 0.549. The minimum atomic E-state index is -0.862. The second-order valence-corrected chi connectivity index (χ2v) is 2.90. The Morgan fingerprint density at radius 1 is 1.92 bits per heavy atom. The molecule has 0 aliphatic heterocycles. The first-order chi connectivity index (χ1) is 5.74. The Balaban J connectivity index is 2.54. The zero-order chi connectivity index (χ0) is 8.97. The summed E-state index contributed by atoms with van der Waals surface area (Å²) in [5.74, 6) is -0.862. The number of nitrogens with zero attached hydrogens (tertiary/aromatic N) is 1. The van der Waals surface area contributed by atoms with Crippen LogP contribution in [0, 0.1) is 0 Å². The SMILES string of the molecule is O=C(O)[C@@H](Cc1cnc[nH]1)NI. The van der Waals surface area contributed by atoms with E-state index in [-0.39, 0.29) is 0 Å². The van der Waals surface area contributed by atoms with Crippen molar-refractivity contribution in [2.45, 2.75) is 12.5 Å². The molecule has 0 spiro atoms. The number of carboxylic acids is 1. The van der Waals surface area contributed by atoms with E-state index in [1.807, 2.05) is 22.9 Å². The fourth-order valence-corrected chi connectivity index (χ4v) is 1.28. The van der Waals surface area contributed by atoms with Gasteiger partial charge in [-0.15, -0.1) is 0 Å². The number of aromatic amines is 1. The molecule has 0 bridgehead atoms. The molecule has 6 heteroatoms. The van der Waals surface area contributed by atoms with E-state index < -0.39 is 12.0 Å². The molecule has 0 saturated carbocycles. The van der Waals surface area contributed by atoms with Crippen LogP contribution in [0.5, 0.6) is 0 Å². The molecule has 0 aliphatic carbocycles. The fourth-order valence-electron chi connectivity index (χ4n) is 0.789. The fraction of sp³-hybridized carbons (Fsp3) is 0.333. The first-order valence-corrected chi connectivity index (χ1v) is 4.38. The van der Waals surface area contributed by atoms with Crippen LogP contribution in [0.1, 0.15) is 5.69 Å². The molecule has 1 rings (SSSR count). The third-order valence-corrected chi connectivity index (χ3v) is 2.16. The summed E-state index contributed by atoms with van der Waals surface area (Å²) >= 11 is 1.82. The number of rotatable bonds is 4. The van der Waals surface area contributed by atoms with Crippen LogP contribution >= 0.6 is 22.9 Å². The molecule has 1 heterocycles. The Morgan fingerprint density at radius 3 is 3.08 bits per heavy atom. The van der Waals surface area contributed by atoms with E-state index in [1.54, 1.807) is 6.20 Å². The van der Waals surface area contributed by atoms with Crippen molar-refractivity contribution < 1.29 is 9.90 Å². The number of hydrogen-bond donors (Lipinski definition) is 3. The highest BCUT2D eigenvalue weighted by Crippen LogP contribution is 1.99. The number of nitrogens with one attached hydrogen (secondary N) is 2. The number of halogens is 1. The molecule has 12 heavy (non-hydrogen) atoms. The Bertz CT molecular complexity index is 249. The van der Waals surface area contributed by atoms with E-state index in [1.165, 1.54) is 6.33 Å². The maximum atomic E-state index is 10.6. The standard InChI is InChI=1S/C6H8IN3O2/c7-10-5(6(11)12)1-4-2-8-3-9-4/h2-3,5,10H,1H2,(H,8,9)(H,11,12)/t5-/m1/s1. The average Bonchev–Trinajstić information content (AvgIpc) is 2.51. The third-order valence-electron chi connectivity index (χ3n) is 1.41. The molecule has 0 aliphatic rings. The van der Waals surface area contributed by atoms with E-state index in [4.69, 9.17) is 5.11 Å². The molecule has 0 radical (unpaired) electrons. The molecule has 66 valence electrons. The van der Waals surface area contributed by atoms with Gasteiger partial charge in [0, 0.05) is 41.2 Å². The van der Waals surface area contributed by atoms with Crippen molar-refractivity contribution in [3.8, 4) is 0 Å². The summed E-state index contributed by atoms with van der Waals surface area (Å²) in [7, 11) is 0. The van der Waals surface area contributed by atoms with Gasteiger partial charge >= 0.3 is 5.97 Å². The van der Waals surface area contributed by atoms with Crippen molar-refractivity contribution in [3.63, 3.8) is 0 Å². The molecule has 0 fully saturated rings. The summed E-state index contributed by atoms with van der Waals surface area (Å²) in [5.41, 5.74) is 0.812. The summed E-state index contributed by atoms with van der Waals surface area (Å²) in [6.45, 7) is 0. The van der Waals surface area contributed by atoms with Crippen LogP contribution in [0.15, 0.2) is 12.5 Å². The number of carbonyl (C=O) groups is 1. The van der Waals surface area contributed by atoms with Crippen LogP contribution in [0.25, 0.3) is 0 Å². The van der Waals surface area contributed by atoms with Gasteiger partial charge in [-0.3, -0.25) is 4.79 Å². The highest BCUT2D eigenvalue weighted by Gasteiger charge is 2.16. The molecule has 0 aromatic carbocycles. The van der Waals surface area contributed by atoms with Gasteiger partial charge in [0.2, 0.25) is 0 Å². The van der Waals surface area contributed by atoms with Gasteiger partial charge in [-0.25, -0.2) is 8.51 Å². The smallest absolute Gasteiger partial charge is 0.321 e. The Kier molecular flexibility index (Phi) is 3.48. The number of aliphatic carboxylic acids is 1. The predicted octanol–water partition coefficient (Wildman–Crippen LogP) is 0.345. The highest BCUT2D eigenvalue weighted by molar-refractivity contribution is 14.1. The van der Waals surface area contributed by atoms with Crippen molar-refractivity contribution in [2.75, 3.05) is 0 Å². The number of imidazole rings is 1. The van der Waals surface area contributed by atoms with Gasteiger partial charge in [0.15, 0.2) is 0 Å². The van der Waals surface area contributed by atoms with Crippen LogP contribution in [0.2, 0.25) is 0 Å². The number of aromatic nitrogens is 2. The molecule has 1 aromatic rings. The van der Waals surface area contributed by atoms with E-state index in [9.17, 15) is 4.79 Å². The Labute approximate surface area is 83.1 Å². The lowest BCUT2D eigenvalue weighted by atomic mass is 10.2. The molecule has 0 saturated heterocycles. The maximum Gasteiger partial charge on any atom is 0.321 e. The zero-order valence-electron chi connectivity index (χ0n) is 6.12. The molecular weight excluding hydrogens is 273 g/mol. The lowest BCUT2D eigenvalue weighted by Crippen LogP contribution is -2.32. The molecule has 1 aromatic heterocycles. The summed E-state index contributed by atoms with van der Waals surface area (Å²) in [5, 5.41) is 8.67. The minimum Gasteiger partial charge on any atom is -0.480 e. The average molecular weight is 281 g/mol. The summed E-state index contributed by atoms with van der Waals surface area (Å²) in [6, 6.07) is -0.564. The van der Waals surface area contributed by atoms with E-state index in [2.05, 4.69) is 13.5 Å². The molecule has 0 unspecified atom stereocenters. The second kappa shape index (κ2) is 4.41. The molecule has 1 atom stereocenters. The zero-order valence-corrected chi connectivity index (χ0v) is 8.28. The van der Waals surface area contributed by atoms with Gasteiger partial charge in [-0.2, -0.15) is 0 Å². The van der Waals surface area contributed by atoms with Gasteiger partial charge in [0.1, 0.15) is 6.04 Å². The second-order valence-electron chi connectivity index (χ2n) is 2.28. The summed E-state index contributed by atoms with van der Waals surface area (Å²) in [6.07, 6.45) is 3.56. The van der Waals surface area contributed by atoms with E-state index in [0.717, 1.165) is 5.69 Å². The van der Waals surface area contributed by atoms with Gasteiger partial charge in [0.05, 0.1) is 6.33 Å². The minimum absolute atomic E-state index is 0.415. The van der Waals surface area contributed by atoms with Crippen molar-refractivity contribution in [2.24, 2.45) is 0 Å². The largest absolute Gasteiger partial charge is 0.480 e. The first kappa shape index (κ1) is 9.46. The van der Waals surface area contributed by atoms with Crippen LogP contribution in [-0.4, -0.2) is 27.1 Å². The topological polar surface area (TPSA) is 78.0 Å². The van der Waals surface area contributed by atoms with Crippen molar-refractivity contribution in [1.82, 2.24) is 13.5 Å². The molecule has 3 N–H and O–H groups in total. The molecular formula is C6H8IN3O2. The van der Waals surface area contributed by atoms with Gasteiger partial charge < -0.3 is 10.1 Å².